The van der Waals surface area contributed by atoms with Gasteiger partial charge in [-0.2, -0.15) is 0 Å². The van der Waals surface area contributed by atoms with Gasteiger partial charge in [0.1, 0.15) is 12.7 Å². The average Bonchev–Trinajstić information content (AvgIpc) is 2.17. The van der Waals surface area contributed by atoms with E-state index >= 15 is 0 Å². The first kappa shape index (κ1) is 9.34. The van der Waals surface area contributed by atoms with Crippen molar-refractivity contribution in [3.8, 4) is 11.5 Å². The van der Waals surface area contributed by atoms with E-state index < -0.39 is 0 Å². The lowest BCUT2D eigenvalue weighted by Crippen LogP contribution is -2.31. The third-order valence-corrected chi connectivity index (χ3v) is 2.17. The predicted octanol–water partition coefficient (Wildman–Crippen LogP) is 1.60. The summed E-state index contributed by atoms with van der Waals surface area (Å²) in [5.41, 5.74) is 0. The topological polar surface area (TPSA) is 38.7 Å². The molecule has 2 unspecified atom stereocenters. The van der Waals surface area contributed by atoms with Crippen LogP contribution in [0.15, 0.2) is 24.3 Å². The van der Waals surface area contributed by atoms with Gasteiger partial charge in [0, 0.05) is 6.42 Å². The highest BCUT2D eigenvalue weighted by Gasteiger charge is 2.21. The Kier molecular flexibility index (Phi) is 2.59. The van der Waals surface area contributed by atoms with Crippen LogP contribution in [-0.2, 0) is 0 Å². The van der Waals surface area contributed by atoms with Gasteiger partial charge >= 0.3 is 0 Å². The van der Waals surface area contributed by atoms with Crippen LogP contribution in [0.5, 0.6) is 11.5 Å². The molecular formula is C11H14O3. The van der Waals surface area contributed by atoms with Crippen LogP contribution in [0.1, 0.15) is 13.3 Å². The lowest BCUT2D eigenvalue weighted by molar-refractivity contribution is 0.0482. The van der Waals surface area contributed by atoms with Crippen molar-refractivity contribution in [2.45, 2.75) is 25.6 Å². The van der Waals surface area contributed by atoms with Gasteiger partial charge in [-0.25, -0.2) is 0 Å². The quantitative estimate of drug-likeness (QED) is 0.777. The molecule has 14 heavy (non-hydrogen) atoms. The molecule has 1 heterocycles. The number of benzene rings is 1. The van der Waals surface area contributed by atoms with E-state index in [9.17, 15) is 5.11 Å². The highest BCUT2D eigenvalue weighted by atomic mass is 16.6. The number of aliphatic hydroxyl groups excluding tert-OH is 1. The second kappa shape index (κ2) is 3.88. The first-order valence-corrected chi connectivity index (χ1v) is 4.82. The van der Waals surface area contributed by atoms with Gasteiger partial charge in [-0.3, -0.25) is 0 Å². The van der Waals surface area contributed by atoms with Gasteiger partial charge in [0.15, 0.2) is 11.5 Å². The van der Waals surface area contributed by atoms with Gasteiger partial charge in [-0.1, -0.05) is 12.1 Å². The Hall–Kier alpha value is -1.22. The molecule has 0 aromatic heterocycles. The first-order chi connectivity index (χ1) is 6.75. The van der Waals surface area contributed by atoms with Crippen molar-refractivity contribution < 1.29 is 14.6 Å². The fourth-order valence-corrected chi connectivity index (χ4v) is 1.56. The third-order valence-electron chi connectivity index (χ3n) is 2.17. The van der Waals surface area contributed by atoms with Crippen LogP contribution in [0.25, 0.3) is 0 Å². The third kappa shape index (κ3) is 1.99. The van der Waals surface area contributed by atoms with E-state index in [1.54, 1.807) is 6.92 Å². The molecule has 0 saturated carbocycles. The number of hydrogen-bond acceptors (Lipinski definition) is 3. The van der Waals surface area contributed by atoms with Crippen LogP contribution in [0, 0.1) is 0 Å². The molecule has 0 aliphatic carbocycles. The normalized spacial score (nSPS) is 21.7. The van der Waals surface area contributed by atoms with Crippen molar-refractivity contribution in [2.24, 2.45) is 0 Å². The van der Waals surface area contributed by atoms with E-state index in [4.69, 9.17) is 9.47 Å². The minimum atomic E-state index is -0.353. The van der Waals surface area contributed by atoms with Crippen molar-refractivity contribution in [3.63, 3.8) is 0 Å². The fraction of sp³-hybridized carbons (Fsp3) is 0.455. The second-order valence-electron chi connectivity index (χ2n) is 3.58. The largest absolute Gasteiger partial charge is 0.486 e. The molecule has 3 nitrogen and oxygen atoms in total. The molecule has 2 rings (SSSR count). The molecule has 1 N–H and O–H groups in total. The summed E-state index contributed by atoms with van der Waals surface area (Å²) in [6.45, 7) is 2.27. The Labute approximate surface area is 83.3 Å². The molecule has 0 radical (unpaired) electrons. The fourth-order valence-electron chi connectivity index (χ4n) is 1.56. The molecule has 0 spiro atoms. The standard InChI is InChI=1S/C11H14O3/c1-8(12)6-9-7-13-10-4-2-3-5-11(10)14-9/h2-5,8-9,12H,6-7H2,1H3. The van der Waals surface area contributed by atoms with Gasteiger partial charge in [0.2, 0.25) is 0 Å². The summed E-state index contributed by atoms with van der Waals surface area (Å²) >= 11 is 0. The van der Waals surface area contributed by atoms with E-state index in [0.717, 1.165) is 11.5 Å². The molecule has 0 bridgehead atoms. The van der Waals surface area contributed by atoms with Crippen LogP contribution in [-0.4, -0.2) is 23.9 Å². The van der Waals surface area contributed by atoms with E-state index in [0.29, 0.717) is 13.0 Å². The zero-order chi connectivity index (χ0) is 9.97. The maximum atomic E-state index is 9.22. The van der Waals surface area contributed by atoms with Crippen LogP contribution in [0.4, 0.5) is 0 Å². The number of aliphatic hydroxyl groups is 1. The molecule has 76 valence electrons. The Morgan fingerprint density at radius 2 is 2.14 bits per heavy atom. The Morgan fingerprint density at radius 1 is 1.43 bits per heavy atom. The summed E-state index contributed by atoms with van der Waals surface area (Å²) < 4.78 is 11.2. The minimum Gasteiger partial charge on any atom is -0.486 e. The summed E-state index contributed by atoms with van der Waals surface area (Å²) in [5.74, 6) is 1.55. The SMILES string of the molecule is CC(O)CC1COc2ccccc2O1. The molecule has 1 aromatic carbocycles. The van der Waals surface area contributed by atoms with Gasteiger partial charge in [0.25, 0.3) is 0 Å². The average molecular weight is 194 g/mol. The van der Waals surface area contributed by atoms with Gasteiger partial charge in [0.05, 0.1) is 6.10 Å². The van der Waals surface area contributed by atoms with E-state index in [2.05, 4.69) is 0 Å². The van der Waals surface area contributed by atoms with E-state index in [1.165, 1.54) is 0 Å². The summed E-state index contributed by atoms with van der Waals surface area (Å²) in [4.78, 5) is 0. The molecule has 1 aliphatic rings. The number of hydrogen-bond donors (Lipinski definition) is 1. The Bertz CT molecular complexity index is 309. The van der Waals surface area contributed by atoms with Crippen molar-refractivity contribution in [3.05, 3.63) is 24.3 Å². The number of para-hydroxylation sites is 2. The minimum absolute atomic E-state index is 0.0371. The predicted molar refractivity (Wildman–Crippen MR) is 52.7 cm³/mol. The van der Waals surface area contributed by atoms with Crippen LogP contribution >= 0.6 is 0 Å². The number of ether oxygens (including phenoxy) is 2. The maximum Gasteiger partial charge on any atom is 0.161 e. The van der Waals surface area contributed by atoms with E-state index in [-0.39, 0.29) is 12.2 Å². The van der Waals surface area contributed by atoms with E-state index in [1.807, 2.05) is 24.3 Å². The van der Waals surface area contributed by atoms with Crippen molar-refractivity contribution in [2.75, 3.05) is 6.61 Å². The van der Waals surface area contributed by atoms with Crippen molar-refractivity contribution >= 4 is 0 Å². The monoisotopic (exact) mass is 194 g/mol. The van der Waals surface area contributed by atoms with Crippen LogP contribution < -0.4 is 9.47 Å². The van der Waals surface area contributed by atoms with Crippen LogP contribution in [0.3, 0.4) is 0 Å². The molecule has 0 saturated heterocycles. The van der Waals surface area contributed by atoms with Gasteiger partial charge in [-0.15, -0.1) is 0 Å². The molecule has 1 aliphatic heterocycles. The van der Waals surface area contributed by atoms with Crippen molar-refractivity contribution in [1.29, 1.82) is 0 Å². The smallest absolute Gasteiger partial charge is 0.161 e. The highest BCUT2D eigenvalue weighted by molar-refractivity contribution is 5.40. The second-order valence-corrected chi connectivity index (χ2v) is 3.58. The van der Waals surface area contributed by atoms with Gasteiger partial charge < -0.3 is 14.6 Å². The summed E-state index contributed by atoms with van der Waals surface area (Å²) in [6, 6.07) is 7.58. The zero-order valence-electron chi connectivity index (χ0n) is 8.14. The zero-order valence-corrected chi connectivity index (χ0v) is 8.14. The molecule has 2 atom stereocenters. The number of fused-ring (bicyclic) bond motifs is 1. The molecule has 0 fully saturated rings. The molecule has 3 heteroatoms. The lowest BCUT2D eigenvalue weighted by Gasteiger charge is -2.27. The van der Waals surface area contributed by atoms with Crippen molar-refractivity contribution in [1.82, 2.24) is 0 Å². The summed E-state index contributed by atoms with van der Waals surface area (Å²) in [5, 5.41) is 9.22. The Balaban J connectivity index is 2.06. The molecule has 0 amide bonds. The lowest BCUT2D eigenvalue weighted by atomic mass is 10.1. The molecular weight excluding hydrogens is 180 g/mol. The Morgan fingerprint density at radius 3 is 2.86 bits per heavy atom. The maximum absolute atomic E-state index is 9.22. The van der Waals surface area contributed by atoms with Crippen LogP contribution in [0.2, 0.25) is 0 Å². The number of rotatable bonds is 2. The first-order valence-electron chi connectivity index (χ1n) is 4.82. The summed E-state index contributed by atoms with van der Waals surface area (Å²) in [6.07, 6.45) is 0.215. The summed E-state index contributed by atoms with van der Waals surface area (Å²) in [7, 11) is 0. The van der Waals surface area contributed by atoms with Gasteiger partial charge in [-0.05, 0) is 19.1 Å². The molecule has 1 aromatic rings. The highest BCUT2D eigenvalue weighted by Crippen LogP contribution is 2.31.